The minimum atomic E-state index is -0.571. The summed E-state index contributed by atoms with van der Waals surface area (Å²) in [6.45, 7) is 7.53. The molecule has 3 rings (SSSR count). The van der Waals surface area contributed by atoms with E-state index >= 15 is 0 Å². The van der Waals surface area contributed by atoms with Crippen molar-refractivity contribution < 1.29 is 14.3 Å². The van der Waals surface area contributed by atoms with Gasteiger partial charge in [-0.25, -0.2) is 4.68 Å². The van der Waals surface area contributed by atoms with Gasteiger partial charge in [-0.05, 0) is 68.1 Å². The van der Waals surface area contributed by atoms with E-state index in [9.17, 15) is 14.4 Å². The number of fused-ring (bicyclic) bond motifs is 1. The highest BCUT2D eigenvalue weighted by Crippen LogP contribution is 2.21. The standard InChI is InChI=1S/C22H23N3O4/c1-13-11-18(16(4)15(3)14(13)2)20(26)12-29-21(27)9-10-25-22(28)17-7-5-6-8-19(17)23-24-25/h5-8,11H,9-10,12H2,1-4H3. The molecule has 7 heteroatoms. The van der Waals surface area contributed by atoms with Gasteiger partial charge in [0.2, 0.25) is 5.78 Å². The van der Waals surface area contributed by atoms with Crippen molar-refractivity contribution in [3.8, 4) is 0 Å². The van der Waals surface area contributed by atoms with Gasteiger partial charge in [0.05, 0.1) is 18.4 Å². The molecule has 0 N–H and O–H groups in total. The summed E-state index contributed by atoms with van der Waals surface area (Å²) in [5, 5.41) is 8.25. The predicted molar refractivity (Wildman–Crippen MR) is 109 cm³/mol. The van der Waals surface area contributed by atoms with Crippen molar-refractivity contribution in [2.75, 3.05) is 6.61 Å². The molecule has 0 fully saturated rings. The van der Waals surface area contributed by atoms with Gasteiger partial charge in [-0.1, -0.05) is 17.3 Å². The van der Waals surface area contributed by atoms with Gasteiger partial charge >= 0.3 is 5.97 Å². The minimum Gasteiger partial charge on any atom is -0.457 e. The number of carbonyl (C=O) groups excluding carboxylic acids is 2. The highest BCUT2D eigenvalue weighted by Gasteiger charge is 2.16. The normalized spacial score (nSPS) is 10.9. The Morgan fingerprint density at radius 3 is 2.52 bits per heavy atom. The average Bonchev–Trinajstić information content (AvgIpc) is 2.72. The molecule has 2 aromatic carbocycles. The number of carbonyl (C=O) groups is 2. The molecular weight excluding hydrogens is 370 g/mol. The number of aromatic nitrogens is 3. The van der Waals surface area contributed by atoms with Crippen molar-refractivity contribution in [1.82, 2.24) is 15.0 Å². The lowest BCUT2D eigenvalue weighted by Gasteiger charge is -2.13. The van der Waals surface area contributed by atoms with Crippen molar-refractivity contribution in [2.45, 2.75) is 40.7 Å². The molecule has 29 heavy (non-hydrogen) atoms. The van der Waals surface area contributed by atoms with Crippen molar-refractivity contribution >= 4 is 22.7 Å². The maximum Gasteiger partial charge on any atom is 0.308 e. The highest BCUT2D eigenvalue weighted by molar-refractivity contribution is 5.99. The van der Waals surface area contributed by atoms with Crippen LogP contribution in [0.4, 0.5) is 0 Å². The molecule has 0 spiro atoms. The number of Topliss-reactive ketones (excluding diaryl/α,β-unsaturated/α-hetero) is 1. The van der Waals surface area contributed by atoms with E-state index in [0.29, 0.717) is 16.5 Å². The van der Waals surface area contributed by atoms with Crippen LogP contribution in [0.1, 0.15) is 39.0 Å². The van der Waals surface area contributed by atoms with Crippen LogP contribution in [0.3, 0.4) is 0 Å². The number of ketones is 1. The third-order valence-electron chi connectivity index (χ3n) is 5.30. The molecule has 0 aliphatic rings. The van der Waals surface area contributed by atoms with Crippen molar-refractivity contribution in [3.05, 3.63) is 68.5 Å². The van der Waals surface area contributed by atoms with E-state index < -0.39 is 5.97 Å². The van der Waals surface area contributed by atoms with Gasteiger partial charge in [-0.3, -0.25) is 14.4 Å². The fourth-order valence-corrected chi connectivity index (χ4v) is 3.16. The molecule has 0 aliphatic carbocycles. The smallest absolute Gasteiger partial charge is 0.308 e. The molecule has 0 saturated heterocycles. The molecule has 0 atom stereocenters. The first kappa shape index (κ1) is 20.4. The summed E-state index contributed by atoms with van der Waals surface area (Å²) in [4.78, 5) is 36.9. The van der Waals surface area contributed by atoms with Gasteiger partial charge in [-0.15, -0.1) is 5.10 Å². The Labute approximate surface area is 168 Å². The Balaban J connectivity index is 1.62. The molecule has 1 heterocycles. The van der Waals surface area contributed by atoms with E-state index in [1.54, 1.807) is 24.3 Å². The minimum absolute atomic E-state index is 0.0332. The summed E-state index contributed by atoms with van der Waals surface area (Å²) in [6.07, 6.45) is -0.0782. The quantitative estimate of drug-likeness (QED) is 0.472. The molecule has 0 radical (unpaired) electrons. The second kappa shape index (κ2) is 8.34. The van der Waals surface area contributed by atoms with E-state index in [-0.39, 0.29) is 30.9 Å². The fourth-order valence-electron chi connectivity index (χ4n) is 3.16. The summed E-state index contributed by atoms with van der Waals surface area (Å²) >= 11 is 0. The lowest BCUT2D eigenvalue weighted by Crippen LogP contribution is -2.26. The SMILES string of the molecule is Cc1cc(C(=O)COC(=O)CCn2nnc3ccccc3c2=O)c(C)c(C)c1C. The molecule has 7 nitrogen and oxygen atoms in total. The van der Waals surface area contributed by atoms with Crippen LogP contribution >= 0.6 is 0 Å². The van der Waals surface area contributed by atoms with Crippen molar-refractivity contribution in [3.63, 3.8) is 0 Å². The van der Waals surface area contributed by atoms with Gasteiger partial charge in [0, 0.05) is 5.56 Å². The molecule has 0 amide bonds. The van der Waals surface area contributed by atoms with Gasteiger partial charge in [0.15, 0.2) is 6.61 Å². The fraction of sp³-hybridized carbons (Fsp3) is 0.318. The Morgan fingerprint density at radius 2 is 1.76 bits per heavy atom. The van der Waals surface area contributed by atoms with Crippen LogP contribution in [0, 0.1) is 27.7 Å². The molecule has 0 bridgehead atoms. The number of ether oxygens (including phenoxy) is 1. The highest BCUT2D eigenvalue weighted by atomic mass is 16.5. The topological polar surface area (TPSA) is 91.2 Å². The van der Waals surface area contributed by atoms with Crippen LogP contribution in [0.15, 0.2) is 35.1 Å². The molecular formula is C22H23N3O4. The number of esters is 1. The van der Waals surface area contributed by atoms with E-state index in [2.05, 4.69) is 10.3 Å². The zero-order chi connectivity index (χ0) is 21.1. The monoisotopic (exact) mass is 393 g/mol. The van der Waals surface area contributed by atoms with Gasteiger partial charge in [0.1, 0.15) is 5.52 Å². The summed E-state index contributed by atoms with van der Waals surface area (Å²) < 4.78 is 6.25. The van der Waals surface area contributed by atoms with Gasteiger partial charge < -0.3 is 4.74 Å². The van der Waals surface area contributed by atoms with Crippen LogP contribution in [0.2, 0.25) is 0 Å². The molecule has 0 unspecified atom stereocenters. The number of hydrogen-bond donors (Lipinski definition) is 0. The summed E-state index contributed by atoms with van der Waals surface area (Å²) in [5.74, 6) is -0.817. The first-order valence-electron chi connectivity index (χ1n) is 9.38. The van der Waals surface area contributed by atoms with Crippen LogP contribution in [-0.4, -0.2) is 33.4 Å². The largest absolute Gasteiger partial charge is 0.457 e. The van der Waals surface area contributed by atoms with Crippen molar-refractivity contribution in [1.29, 1.82) is 0 Å². The predicted octanol–water partition coefficient (Wildman–Crippen LogP) is 2.84. The van der Waals surface area contributed by atoms with Gasteiger partial charge in [0.25, 0.3) is 5.56 Å². The maximum absolute atomic E-state index is 12.5. The second-order valence-corrected chi connectivity index (χ2v) is 7.08. The van der Waals surface area contributed by atoms with Gasteiger partial charge in [-0.2, -0.15) is 0 Å². The first-order chi connectivity index (χ1) is 13.8. The summed E-state index contributed by atoms with van der Waals surface area (Å²) in [7, 11) is 0. The second-order valence-electron chi connectivity index (χ2n) is 7.08. The van der Waals surface area contributed by atoms with E-state index in [4.69, 9.17) is 4.74 Å². The lowest BCUT2D eigenvalue weighted by atomic mass is 9.93. The first-order valence-corrected chi connectivity index (χ1v) is 9.38. The Kier molecular flexibility index (Phi) is 5.87. The van der Waals surface area contributed by atoms with Crippen LogP contribution < -0.4 is 5.56 Å². The number of hydrogen-bond acceptors (Lipinski definition) is 6. The summed E-state index contributed by atoms with van der Waals surface area (Å²) in [5.41, 5.74) is 4.88. The average molecular weight is 393 g/mol. The molecule has 1 aromatic heterocycles. The molecule has 150 valence electrons. The zero-order valence-electron chi connectivity index (χ0n) is 17.0. The lowest BCUT2D eigenvalue weighted by molar-refractivity contribution is -0.142. The van der Waals surface area contributed by atoms with Crippen LogP contribution in [0.5, 0.6) is 0 Å². The molecule has 0 aliphatic heterocycles. The Hall–Kier alpha value is -3.35. The summed E-state index contributed by atoms with van der Waals surface area (Å²) in [6, 6.07) is 8.70. The number of benzene rings is 2. The third-order valence-corrected chi connectivity index (χ3v) is 5.30. The molecule has 0 saturated carbocycles. The number of aryl methyl sites for hydroxylation is 2. The Bertz CT molecular complexity index is 1160. The Morgan fingerprint density at radius 1 is 1.03 bits per heavy atom. The third kappa shape index (κ3) is 4.23. The van der Waals surface area contributed by atoms with E-state index in [0.717, 1.165) is 26.9 Å². The number of nitrogens with zero attached hydrogens (tertiary/aromatic N) is 3. The number of rotatable bonds is 6. The van der Waals surface area contributed by atoms with E-state index in [1.807, 2.05) is 33.8 Å². The van der Waals surface area contributed by atoms with Crippen LogP contribution in [-0.2, 0) is 16.1 Å². The van der Waals surface area contributed by atoms with E-state index in [1.165, 1.54) is 0 Å². The van der Waals surface area contributed by atoms with Crippen molar-refractivity contribution in [2.24, 2.45) is 0 Å². The molecule has 3 aromatic rings. The van der Waals surface area contributed by atoms with Crippen LogP contribution in [0.25, 0.3) is 10.9 Å². The zero-order valence-corrected chi connectivity index (χ0v) is 17.0. The maximum atomic E-state index is 12.5.